The van der Waals surface area contributed by atoms with Gasteiger partial charge in [-0.1, -0.05) is 24.3 Å². The summed E-state index contributed by atoms with van der Waals surface area (Å²) in [5.41, 5.74) is 0.847. The molecule has 140 valence electrons. The fourth-order valence-electron chi connectivity index (χ4n) is 2.60. The van der Waals surface area contributed by atoms with Crippen LogP contribution in [0.3, 0.4) is 0 Å². The number of halogens is 1. The quantitative estimate of drug-likeness (QED) is 0.800. The first kappa shape index (κ1) is 19.7. The lowest BCUT2D eigenvalue weighted by atomic mass is 10.2. The number of para-hydroxylation sites is 1. The average molecular weight is 380 g/mol. The number of sulfonamides is 1. The zero-order chi connectivity index (χ0) is 19.3. The van der Waals surface area contributed by atoms with Crippen molar-refractivity contribution in [3.63, 3.8) is 0 Å². The maximum absolute atomic E-state index is 13.5. The first-order valence-electron chi connectivity index (χ1n) is 7.88. The molecule has 0 aromatic heterocycles. The number of nitrogens with one attached hydrogen (secondary N) is 1. The smallest absolute Gasteiger partial charge is 0.243 e. The molecule has 2 rings (SSSR count). The molecule has 1 atom stereocenters. The van der Waals surface area contributed by atoms with Gasteiger partial charge in [0.2, 0.25) is 15.9 Å². The van der Waals surface area contributed by atoms with Gasteiger partial charge in [-0.05, 0) is 31.2 Å². The Morgan fingerprint density at radius 1 is 1.23 bits per heavy atom. The van der Waals surface area contributed by atoms with E-state index in [1.54, 1.807) is 12.1 Å². The van der Waals surface area contributed by atoms with Gasteiger partial charge in [0, 0.05) is 12.1 Å². The van der Waals surface area contributed by atoms with Crippen LogP contribution in [0.5, 0.6) is 5.75 Å². The van der Waals surface area contributed by atoms with Gasteiger partial charge in [0.15, 0.2) is 0 Å². The lowest BCUT2D eigenvalue weighted by Gasteiger charge is -2.28. The molecule has 1 N–H and O–H groups in total. The molecule has 0 saturated heterocycles. The van der Waals surface area contributed by atoms with Gasteiger partial charge < -0.3 is 10.1 Å². The summed E-state index contributed by atoms with van der Waals surface area (Å²) in [6, 6.07) is 11.2. The molecule has 0 radical (unpaired) electrons. The maximum atomic E-state index is 13.5. The second-order valence-electron chi connectivity index (χ2n) is 5.74. The Balaban J connectivity index is 2.20. The van der Waals surface area contributed by atoms with Crippen molar-refractivity contribution in [3.05, 3.63) is 59.9 Å². The van der Waals surface area contributed by atoms with Crippen molar-refractivity contribution < 1.29 is 22.3 Å². The van der Waals surface area contributed by atoms with E-state index in [1.165, 1.54) is 32.2 Å². The summed E-state index contributed by atoms with van der Waals surface area (Å²) in [6.45, 7) is 1.62. The average Bonchev–Trinajstić information content (AvgIpc) is 2.58. The number of anilines is 1. The summed E-state index contributed by atoms with van der Waals surface area (Å²) >= 11 is 0. The highest BCUT2D eigenvalue weighted by Gasteiger charge is 2.29. The molecule has 0 aliphatic heterocycles. The van der Waals surface area contributed by atoms with Gasteiger partial charge in [-0.25, -0.2) is 12.8 Å². The lowest BCUT2D eigenvalue weighted by molar-refractivity contribution is -0.122. The highest BCUT2D eigenvalue weighted by Crippen LogP contribution is 2.22. The Labute approximate surface area is 152 Å². The fourth-order valence-corrected chi connectivity index (χ4v) is 3.77. The maximum Gasteiger partial charge on any atom is 0.243 e. The van der Waals surface area contributed by atoms with Crippen LogP contribution in [-0.2, 0) is 21.4 Å². The normalized spacial score (nSPS) is 12.3. The van der Waals surface area contributed by atoms with Crippen molar-refractivity contribution in [1.29, 1.82) is 0 Å². The van der Waals surface area contributed by atoms with Gasteiger partial charge in [0.05, 0.1) is 19.1 Å². The van der Waals surface area contributed by atoms with Crippen LogP contribution in [0.25, 0.3) is 0 Å². The number of carbonyl (C=O) groups excluding carboxylic acids is 1. The van der Waals surface area contributed by atoms with Gasteiger partial charge in [-0.15, -0.1) is 0 Å². The minimum Gasteiger partial charge on any atom is -0.496 e. The number of hydrogen-bond donors (Lipinski definition) is 1. The topological polar surface area (TPSA) is 75.7 Å². The predicted molar refractivity (Wildman–Crippen MR) is 98.0 cm³/mol. The molecule has 0 heterocycles. The molecule has 2 aromatic rings. The molecule has 0 aliphatic rings. The molecule has 0 unspecified atom stereocenters. The highest BCUT2D eigenvalue weighted by atomic mass is 32.2. The van der Waals surface area contributed by atoms with E-state index in [0.29, 0.717) is 5.75 Å². The summed E-state index contributed by atoms with van der Waals surface area (Å²) in [5, 5.41) is 2.69. The summed E-state index contributed by atoms with van der Waals surface area (Å²) in [7, 11) is -2.27. The van der Waals surface area contributed by atoms with Crippen LogP contribution in [-0.4, -0.2) is 33.7 Å². The summed E-state index contributed by atoms with van der Waals surface area (Å²) < 4.78 is 44.0. The highest BCUT2D eigenvalue weighted by molar-refractivity contribution is 7.92. The standard InChI is InChI=1S/C18H21FN2O4S/c1-13(18(22)20-12-14-7-4-5-10-17(14)25-2)21(26(3,23)24)16-9-6-8-15(19)11-16/h4-11,13H,12H2,1-3H3,(H,20,22)/t13-/m0/s1. The molecule has 6 nitrogen and oxygen atoms in total. The molecule has 8 heteroatoms. The second-order valence-corrected chi connectivity index (χ2v) is 7.60. The number of hydrogen-bond acceptors (Lipinski definition) is 4. The van der Waals surface area contributed by atoms with Gasteiger partial charge in [-0.3, -0.25) is 9.10 Å². The van der Waals surface area contributed by atoms with E-state index in [1.807, 2.05) is 12.1 Å². The van der Waals surface area contributed by atoms with Crippen LogP contribution >= 0.6 is 0 Å². The number of nitrogens with zero attached hydrogens (tertiary/aromatic N) is 1. The summed E-state index contributed by atoms with van der Waals surface area (Å²) in [6.07, 6.45) is 0.974. The van der Waals surface area contributed by atoms with Crippen LogP contribution in [0.4, 0.5) is 10.1 Å². The Hall–Kier alpha value is -2.61. The van der Waals surface area contributed by atoms with E-state index in [0.717, 1.165) is 22.2 Å². The zero-order valence-electron chi connectivity index (χ0n) is 14.8. The van der Waals surface area contributed by atoms with Gasteiger partial charge in [0.1, 0.15) is 17.6 Å². The Bertz CT molecular complexity index is 886. The van der Waals surface area contributed by atoms with Crippen molar-refractivity contribution in [2.75, 3.05) is 17.7 Å². The Morgan fingerprint density at radius 2 is 1.92 bits per heavy atom. The zero-order valence-corrected chi connectivity index (χ0v) is 15.6. The number of methoxy groups -OCH3 is 1. The van der Waals surface area contributed by atoms with Crippen molar-refractivity contribution >= 4 is 21.6 Å². The van der Waals surface area contributed by atoms with E-state index in [2.05, 4.69) is 5.32 Å². The molecular weight excluding hydrogens is 359 g/mol. The van der Waals surface area contributed by atoms with Crippen LogP contribution in [0.1, 0.15) is 12.5 Å². The molecular formula is C18H21FN2O4S. The van der Waals surface area contributed by atoms with E-state index in [4.69, 9.17) is 4.74 Å². The van der Waals surface area contributed by atoms with Gasteiger partial charge >= 0.3 is 0 Å². The van der Waals surface area contributed by atoms with Crippen molar-refractivity contribution in [2.45, 2.75) is 19.5 Å². The summed E-state index contributed by atoms with van der Waals surface area (Å²) in [4.78, 5) is 12.5. The third-order valence-electron chi connectivity index (χ3n) is 3.80. The predicted octanol–water partition coefficient (Wildman–Crippen LogP) is 2.31. The third kappa shape index (κ3) is 4.72. The molecule has 26 heavy (non-hydrogen) atoms. The molecule has 0 saturated carbocycles. The number of benzene rings is 2. The SMILES string of the molecule is COc1ccccc1CNC(=O)[C@H](C)N(c1cccc(F)c1)S(C)(=O)=O. The van der Waals surface area contributed by atoms with Crippen molar-refractivity contribution in [1.82, 2.24) is 5.32 Å². The Morgan fingerprint density at radius 3 is 2.54 bits per heavy atom. The molecule has 2 aromatic carbocycles. The minimum absolute atomic E-state index is 0.0902. The van der Waals surface area contributed by atoms with E-state index < -0.39 is 27.8 Å². The van der Waals surface area contributed by atoms with E-state index >= 15 is 0 Å². The van der Waals surface area contributed by atoms with E-state index in [9.17, 15) is 17.6 Å². The first-order valence-corrected chi connectivity index (χ1v) is 9.73. The number of amides is 1. The summed E-state index contributed by atoms with van der Waals surface area (Å²) in [5.74, 6) is -0.478. The minimum atomic E-state index is -3.79. The number of carbonyl (C=O) groups is 1. The largest absolute Gasteiger partial charge is 0.496 e. The number of ether oxygens (including phenoxy) is 1. The molecule has 0 aliphatic carbocycles. The van der Waals surface area contributed by atoms with Gasteiger partial charge in [0.25, 0.3) is 0 Å². The third-order valence-corrected chi connectivity index (χ3v) is 5.04. The molecule has 0 bridgehead atoms. The molecule has 1 amide bonds. The van der Waals surface area contributed by atoms with Crippen LogP contribution in [0.2, 0.25) is 0 Å². The molecule has 0 spiro atoms. The van der Waals surface area contributed by atoms with Crippen LogP contribution in [0.15, 0.2) is 48.5 Å². The lowest BCUT2D eigenvalue weighted by Crippen LogP contribution is -2.47. The first-order chi connectivity index (χ1) is 12.2. The van der Waals surface area contributed by atoms with Crippen molar-refractivity contribution in [3.8, 4) is 5.75 Å². The van der Waals surface area contributed by atoms with Crippen LogP contribution < -0.4 is 14.4 Å². The molecule has 0 fully saturated rings. The van der Waals surface area contributed by atoms with Gasteiger partial charge in [-0.2, -0.15) is 0 Å². The number of rotatable bonds is 7. The van der Waals surface area contributed by atoms with Crippen LogP contribution in [0, 0.1) is 5.82 Å². The van der Waals surface area contributed by atoms with Crippen molar-refractivity contribution in [2.24, 2.45) is 0 Å². The monoisotopic (exact) mass is 380 g/mol. The fraction of sp³-hybridized carbons (Fsp3) is 0.278. The van der Waals surface area contributed by atoms with E-state index in [-0.39, 0.29) is 12.2 Å². The Kier molecular flexibility index (Phi) is 6.20. The second kappa shape index (κ2) is 8.18.